The van der Waals surface area contributed by atoms with E-state index in [2.05, 4.69) is 30.4 Å². The highest BCUT2D eigenvalue weighted by Gasteiger charge is 2.34. The zero-order valence-electron chi connectivity index (χ0n) is 10.3. The zero-order chi connectivity index (χ0) is 12.3. The van der Waals surface area contributed by atoms with E-state index in [0.717, 1.165) is 5.56 Å². The Morgan fingerprint density at radius 2 is 1.59 bits per heavy atom. The van der Waals surface area contributed by atoms with Gasteiger partial charge in [0.15, 0.2) is 0 Å². The Bertz CT molecular complexity index is 453. The van der Waals surface area contributed by atoms with E-state index in [9.17, 15) is 0 Å². The summed E-state index contributed by atoms with van der Waals surface area (Å²) in [4.78, 5) is 0. The molecule has 3 nitrogen and oxygen atoms in total. The van der Waals surface area contributed by atoms with Crippen LogP contribution in [0, 0.1) is 0 Å². The normalized spacial score (nSPS) is 13.8. The van der Waals surface area contributed by atoms with E-state index < -0.39 is 8.80 Å². The SMILES string of the molecule is CO[Si](C=Cc1ccc2c(c1)C=C2)(OC)OC. The highest BCUT2D eigenvalue weighted by molar-refractivity contribution is 6.66. The summed E-state index contributed by atoms with van der Waals surface area (Å²) in [5.41, 5.74) is 5.57. The van der Waals surface area contributed by atoms with Gasteiger partial charge in [0, 0.05) is 21.3 Å². The van der Waals surface area contributed by atoms with Crippen molar-refractivity contribution in [2.75, 3.05) is 21.3 Å². The quantitative estimate of drug-likeness (QED) is 0.761. The predicted octanol–water partition coefficient (Wildman–Crippen LogP) is 2.60. The first kappa shape index (κ1) is 12.3. The van der Waals surface area contributed by atoms with Gasteiger partial charge in [-0.05, 0) is 28.5 Å². The van der Waals surface area contributed by atoms with Crippen LogP contribution in [0.5, 0.6) is 0 Å². The molecule has 0 aromatic heterocycles. The molecule has 90 valence electrons. The van der Waals surface area contributed by atoms with Crippen LogP contribution in [0.3, 0.4) is 0 Å². The fourth-order valence-electron chi connectivity index (χ4n) is 1.73. The second kappa shape index (κ2) is 4.97. The minimum Gasteiger partial charge on any atom is -0.374 e. The van der Waals surface area contributed by atoms with Gasteiger partial charge in [0.1, 0.15) is 0 Å². The molecule has 1 aliphatic rings. The number of rotatable bonds is 5. The van der Waals surface area contributed by atoms with Gasteiger partial charge in [0.2, 0.25) is 0 Å². The predicted molar refractivity (Wildman–Crippen MR) is 71.2 cm³/mol. The molecule has 1 aliphatic carbocycles. The molecule has 0 aliphatic heterocycles. The van der Waals surface area contributed by atoms with Crippen molar-refractivity contribution in [3.05, 3.63) is 40.6 Å². The molecule has 0 saturated carbocycles. The number of hydrogen-bond acceptors (Lipinski definition) is 3. The molecule has 0 amide bonds. The summed E-state index contributed by atoms with van der Waals surface area (Å²) >= 11 is 0. The molecule has 0 spiro atoms. The smallest absolute Gasteiger partial charge is 0.374 e. The van der Waals surface area contributed by atoms with Crippen LogP contribution in [-0.2, 0) is 13.3 Å². The Morgan fingerprint density at radius 1 is 0.941 bits per heavy atom. The van der Waals surface area contributed by atoms with Crippen LogP contribution in [0.2, 0.25) is 0 Å². The second-order valence-corrected chi connectivity index (χ2v) is 6.54. The minimum absolute atomic E-state index is 1.12. The summed E-state index contributed by atoms with van der Waals surface area (Å²) in [5, 5.41) is 0. The summed E-state index contributed by atoms with van der Waals surface area (Å²) in [6.45, 7) is 0. The maximum atomic E-state index is 5.32. The molecule has 17 heavy (non-hydrogen) atoms. The van der Waals surface area contributed by atoms with Crippen LogP contribution in [0.1, 0.15) is 16.7 Å². The molecular weight excluding hydrogens is 232 g/mol. The number of benzene rings is 1. The molecule has 0 fully saturated rings. The summed E-state index contributed by atoms with van der Waals surface area (Å²) in [6, 6.07) is 6.30. The maximum absolute atomic E-state index is 5.32. The average Bonchev–Trinajstić information content (AvgIpc) is 2.34. The Hall–Kier alpha value is -1.20. The molecular formula is C13H16O3Si. The largest absolute Gasteiger partial charge is 0.528 e. The Labute approximate surface area is 103 Å². The van der Waals surface area contributed by atoms with E-state index in [1.807, 2.05) is 11.8 Å². The third-order valence-electron chi connectivity index (χ3n) is 2.89. The van der Waals surface area contributed by atoms with Gasteiger partial charge in [-0.15, -0.1) is 0 Å². The van der Waals surface area contributed by atoms with E-state index >= 15 is 0 Å². The van der Waals surface area contributed by atoms with Crippen molar-refractivity contribution < 1.29 is 13.3 Å². The Morgan fingerprint density at radius 3 is 2.06 bits per heavy atom. The first-order valence-corrected chi connectivity index (χ1v) is 7.20. The molecule has 0 radical (unpaired) electrons. The lowest BCUT2D eigenvalue weighted by molar-refractivity contribution is 0.139. The zero-order valence-corrected chi connectivity index (χ0v) is 11.3. The van der Waals surface area contributed by atoms with Crippen LogP contribution in [0.15, 0.2) is 23.9 Å². The first-order chi connectivity index (χ1) is 8.23. The van der Waals surface area contributed by atoms with Crippen LogP contribution in [-0.4, -0.2) is 30.1 Å². The van der Waals surface area contributed by atoms with Gasteiger partial charge in [-0.1, -0.05) is 30.4 Å². The lowest BCUT2D eigenvalue weighted by atomic mass is 9.96. The van der Waals surface area contributed by atoms with E-state index in [1.54, 1.807) is 21.3 Å². The highest BCUT2D eigenvalue weighted by Crippen LogP contribution is 2.25. The van der Waals surface area contributed by atoms with E-state index in [1.165, 1.54) is 11.1 Å². The van der Waals surface area contributed by atoms with Crippen molar-refractivity contribution in [2.45, 2.75) is 0 Å². The Balaban J connectivity index is 2.17. The number of fused-ring (bicyclic) bond motifs is 1. The third-order valence-corrected chi connectivity index (χ3v) is 5.17. The highest BCUT2D eigenvalue weighted by atomic mass is 28.4. The average molecular weight is 248 g/mol. The van der Waals surface area contributed by atoms with Crippen molar-refractivity contribution in [1.82, 2.24) is 0 Å². The molecule has 0 N–H and O–H groups in total. The van der Waals surface area contributed by atoms with Crippen molar-refractivity contribution in [1.29, 1.82) is 0 Å². The lowest BCUT2D eigenvalue weighted by Crippen LogP contribution is -2.40. The van der Waals surface area contributed by atoms with Gasteiger partial charge in [-0.2, -0.15) is 0 Å². The van der Waals surface area contributed by atoms with E-state index in [0.29, 0.717) is 0 Å². The van der Waals surface area contributed by atoms with Gasteiger partial charge in [0.05, 0.1) is 0 Å². The van der Waals surface area contributed by atoms with Gasteiger partial charge in [-0.3, -0.25) is 0 Å². The number of hydrogen-bond donors (Lipinski definition) is 0. The molecule has 0 unspecified atom stereocenters. The van der Waals surface area contributed by atoms with Crippen molar-refractivity contribution in [2.24, 2.45) is 0 Å². The van der Waals surface area contributed by atoms with E-state index in [4.69, 9.17) is 13.3 Å². The van der Waals surface area contributed by atoms with Crippen molar-refractivity contribution in [3.8, 4) is 0 Å². The molecule has 0 saturated heterocycles. The topological polar surface area (TPSA) is 27.7 Å². The molecule has 0 heterocycles. The van der Waals surface area contributed by atoms with Crippen LogP contribution < -0.4 is 0 Å². The summed E-state index contributed by atoms with van der Waals surface area (Å²) in [6.07, 6.45) is 6.18. The first-order valence-electron chi connectivity index (χ1n) is 5.40. The fourth-order valence-corrected chi connectivity index (χ4v) is 3.03. The second-order valence-electron chi connectivity index (χ2n) is 3.77. The summed E-state index contributed by atoms with van der Waals surface area (Å²) in [5.74, 6) is 0. The maximum Gasteiger partial charge on any atom is 0.528 e. The monoisotopic (exact) mass is 248 g/mol. The molecule has 2 rings (SSSR count). The minimum atomic E-state index is -2.61. The molecule has 1 aromatic carbocycles. The van der Waals surface area contributed by atoms with Gasteiger partial charge in [-0.25, -0.2) is 0 Å². The van der Waals surface area contributed by atoms with Crippen LogP contribution in [0.25, 0.3) is 18.2 Å². The van der Waals surface area contributed by atoms with Gasteiger partial charge in [0.25, 0.3) is 0 Å². The molecule has 0 atom stereocenters. The molecule has 1 aromatic rings. The van der Waals surface area contributed by atoms with Gasteiger partial charge >= 0.3 is 8.80 Å². The van der Waals surface area contributed by atoms with Gasteiger partial charge < -0.3 is 13.3 Å². The summed E-state index contributed by atoms with van der Waals surface area (Å²) in [7, 11) is 2.19. The Kier molecular flexibility index (Phi) is 3.59. The van der Waals surface area contributed by atoms with Crippen LogP contribution >= 0.6 is 0 Å². The fraction of sp³-hybridized carbons (Fsp3) is 0.231. The molecule has 4 heteroatoms. The standard InChI is InChI=1S/C13H16O3Si/c1-14-17(15-2,16-3)9-8-11-4-5-12-6-7-13(12)10-11/h4-10H,1-3H3. The van der Waals surface area contributed by atoms with Crippen molar-refractivity contribution in [3.63, 3.8) is 0 Å². The van der Waals surface area contributed by atoms with Crippen molar-refractivity contribution >= 4 is 27.0 Å². The third kappa shape index (κ3) is 2.40. The van der Waals surface area contributed by atoms with Crippen LogP contribution in [0.4, 0.5) is 0 Å². The summed E-state index contributed by atoms with van der Waals surface area (Å²) < 4.78 is 16.0. The van der Waals surface area contributed by atoms with E-state index in [-0.39, 0.29) is 0 Å². The lowest BCUT2D eigenvalue weighted by Gasteiger charge is -2.20. The molecule has 0 bridgehead atoms.